The first-order valence-corrected chi connectivity index (χ1v) is 5.16. The largest absolute Gasteiger partial charge is 0.408 e. The maximum absolute atomic E-state index is 10.5. The quantitative estimate of drug-likeness (QED) is 0.607. The highest BCUT2D eigenvalue weighted by atomic mass is 35.5. The standard InChI is InChI=1S/C8H8ClN5O3/c1-2-7-10-6(12-17-7)4-13-3-5(9)8(11-13)14(15)16/h3H,2,4H2,1H3. The van der Waals surface area contributed by atoms with E-state index in [-0.39, 0.29) is 17.4 Å². The Labute approximate surface area is 100 Å². The predicted octanol–water partition coefficient (Wildman–Crippen LogP) is 1.44. The Kier molecular flexibility index (Phi) is 3.05. The summed E-state index contributed by atoms with van der Waals surface area (Å²) in [5.41, 5.74) is 0. The van der Waals surface area contributed by atoms with E-state index in [1.807, 2.05) is 6.92 Å². The van der Waals surface area contributed by atoms with Gasteiger partial charge in [-0.1, -0.05) is 23.7 Å². The molecule has 9 heteroatoms. The summed E-state index contributed by atoms with van der Waals surface area (Å²) in [5, 5.41) is 17.9. The van der Waals surface area contributed by atoms with Crippen molar-refractivity contribution in [3.63, 3.8) is 0 Å². The maximum atomic E-state index is 10.5. The van der Waals surface area contributed by atoms with E-state index in [1.165, 1.54) is 10.9 Å². The smallest absolute Gasteiger partial charge is 0.358 e. The fourth-order valence-corrected chi connectivity index (χ4v) is 1.45. The van der Waals surface area contributed by atoms with Crippen molar-refractivity contribution < 1.29 is 9.45 Å². The van der Waals surface area contributed by atoms with Gasteiger partial charge in [0.05, 0.1) is 11.3 Å². The molecule has 90 valence electrons. The topological polar surface area (TPSA) is 99.9 Å². The number of hydrogen-bond donors (Lipinski definition) is 0. The van der Waals surface area contributed by atoms with Crippen molar-refractivity contribution in [1.29, 1.82) is 0 Å². The van der Waals surface area contributed by atoms with Crippen LogP contribution >= 0.6 is 11.6 Å². The number of nitrogens with zero attached hydrogens (tertiary/aromatic N) is 5. The van der Waals surface area contributed by atoms with E-state index in [2.05, 4.69) is 15.2 Å². The highest BCUT2D eigenvalue weighted by Gasteiger charge is 2.20. The SMILES string of the molecule is CCc1nc(Cn2cc(Cl)c([N+](=O)[O-])n2)no1. The van der Waals surface area contributed by atoms with Gasteiger partial charge < -0.3 is 14.6 Å². The van der Waals surface area contributed by atoms with E-state index in [0.717, 1.165) is 0 Å². The summed E-state index contributed by atoms with van der Waals surface area (Å²) in [7, 11) is 0. The van der Waals surface area contributed by atoms with Gasteiger partial charge in [0.15, 0.2) is 10.8 Å². The van der Waals surface area contributed by atoms with Crippen molar-refractivity contribution in [1.82, 2.24) is 19.9 Å². The molecular weight excluding hydrogens is 250 g/mol. The van der Waals surface area contributed by atoms with Crippen molar-refractivity contribution in [3.8, 4) is 0 Å². The van der Waals surface area contributed by atoms with Gasteiger partial charge in [0.1, 0.15) is 6.54 Å². The van der Waals surface area contributed by atoms with Gasteiger partial charge in [0.2, 0.25) is 5.89 Å². The van der Waals surface area contributed by atoms with Crippen LogP contribution in [0.4, 0.5) is 5.82 Å². The molecule has 0 aliphatic heterocycles. The fraction of sp³-hybridized carbons (Fsp3) is 0.375. The second-order valence-electron chi connectivity index (χ2n) is 3.21. The number of aromatic nitrogens is 4. The molecular formula is C8H8ClN5O3. The normalized spacial score (nSPS) is 10.7. The molecule has 0 unspecified atom stereocenters. The van der Waals surface area contributed by atoms with Crippen LogP contribution in [0.3, 0.4) is 0 Å². The number of nitro groups is 1. The Hall–Kier alpha value is -1.96. The summed E-state index contributed by atoms with van der Waals surface area (Å²) in [6.45, 7) is 2.06. The minimum absolute atomic E-state index is 0.0193. The van der Waals surface area contributed by atoms with Crippen LogP contribution in [0.1, 0.15) is 18.6 Å². The average molecular weight is 258 g/mol. The molecule has 2 heterocycles. The average Bonchev–Trinajstić information content (AvgIpc) is 2.85. The molecule has 0 N–H and O–H groups in total. The van der Waals surface area contributed by atoms with Gasteiger partial charge in [-0.2, -0.15) is 9.67 Å². The monoisotopic (exact) mass is 257 g/mol. The first-order valence-electron chi connectivity index (χ1n) is 4.79. The van der Waals surface area contributed by atoms with Gasteiger partial charge in [0.25, 0.3) is 0 Å². The van der Waals surface area contributed by atoms with Crippen LogP contribution in [0.2, 0.25) is 5.02 Å². The summed E-state index contributed by atoms with van der Waals surface area (Å²) < 4.78 is 6.20. The van der Waals surface area contributed by atoms with Crippen molar-refractivity contribution >= 4 is 17.4 Å². The maximum Gasteiger partial charge on any atom is 0.408 e. The van der Waals surface area contributed by atoms with Gasteiger partial charge in [0, 0.05) is 6.42 Å². The van der Waals surface area contributed by atoms with Crippen LogP contribution in [0, 0.1) is 10.1 Å². The molecule has 0 bridgehead atoms. The Bertz CT molecular complexity index is 549. The minimum atomic E-state index is -0.646. The molecule has 0 spiro atoms. The lowest BCUT2D eigenvalue weighted by Gasteiger charge is -1.88. The molecule has 0 aliphatic carbocycles. The van der Waals surface area contributed by atoms with E-state index in [9.17, 15) is 10.1 Å². The molecule has 0 aliphatic rings. The summed E-state index contributed by atoms with van der Waals surface area (Å²) >= 11 is 5.65. The van der Waals surface area contributed by atoms with E-state index in [1.54, 1.807) is 0 Å². The molecule has 0 aromatic carbocycles. The summed E-state index contributed by atoms with van der Waals surface area (Å²) in [5.74, 6) is 0.523. The van der Waals surface area contributed by atoms with Crippen LogP contribution in [-0.4, -0.2) is 24.8 Å². The van der Waals surface area contributed by atoms with Crippen LogP contribution in [-0.2, 0) is 13.0 Å². The lowest BCUT2D eigenvalue weighted by molar-refractivity contribution is -0.389. The zero-order chi connectivity index (χ0) is 12.4. The van der Waals surface area contributed by atoms with E-state index < -0.39 is 4.92 Å². The van der Waals surface area contributed by atoms with Crippen molar-refractivity contribution in [2.45, 2.75) is 19.9 Å². The van der Waals surface area contributed by atoms with E-state index in [4.69, 9.17) is 16.1 Å². The Morgan fingerprint density at radius 3 is 2.94 bits per heavy atom. The molecule has 0 amide bonds. The van der Waals surface area contributed by atoms with Crippen molar-refractivity contribution in [3.05, 3.63) is 33.0 Å². The third-order valence-electron chi connectivity index (χ3n) is 1.99. The minimum Gasteiger partial charge on any atom is -0.358 e. The first kappa shape index (κ1) is 11.5. The van der Waals surface area contributed by atoms with Gasteiger partial charge in [-0.05, 0) is 4.92 Å². The van der Waals surface area contributed by atoms with Crippen LogP contribution in [0.15, 0.2) is 10.7 Å². The lowest BCUT2D eigenvalue weighted by atomic mass is 10.5. The number of aryl methyl sites for hydroxylation is 1. The molecule has 8 nitrogen and oxygen atoms in total. The highest BCUT2D eigenvalue weighted by Crippen LogP contribution is 2.21. The van der Waals surface area contributed by atoms with E-state index >= 15 is 0 Å². The Balaban J connectivity index is 2.18. The fourth-order valence-electron chi connectivity index (χ4n) is 1.23. The van der Waals surface area contributed by atoms with Crippen molar-refractivity contribution in [2.24, 2.45) is 0 Å². The number of halogens is 1. The van der Waals surface area contributed by atoms with Crippen molar-refractivity contribution in [2.75, 3.05) is 0 Å². The molecule has 0 saturated carbocycles. The van der Waals surface area contributed by atoms with Gasteiger partial charge in [-0.15, -0.1) is 0 Å². The third-order valence-corrected chi connectivity index (χ3v) is 2.25. The molecule has 17 heavy (non-hydrogen) atoms. The summed E-state index contributed by atoms with van der Waals surface area (Å²) in [6, 6.07) is 0. The molecule has 0 fully saturated rings. The summed E-state index contributed by atoms with van der Waals surface area (Å²) in [4.78, 5) is 13.9. The molecule has 0 saturated heterocycles. The molecule has 0 atom stereocenters. The number of rotatable bonds is 4. The second kappa shape index (κ2) is 4.50. The third kappa shape index (κ3) is 2.41. The van der Waals surface area contributed by atoms with Crippen LogP contribution < -0.4 is 0 Å². The highest BCUT2D eigenvalue weighted by molar-refractivity contribution is 6.32. The molecule has 2 aromatic heterocycles. The molecule has 2 aromatic rings. The summed E-state index contributed by atoms with van der Waals surface area (Å²) in [6.07, 6.45) is 1.98. The Morgan fingerprint density at radius 1 is 1.65 bits per heavy atom. The van der Waals surface area contributed by atoms with Crippen LogP contribution in [0.25, 0.3) is 0 Å². The van der Waals surface area contributed by atoms with E-state index in [0.29, 0.717) is 18.1 Å². The molecule has 0 radical (unpaired) electrons. The lowest BCUT2D eigenvalue weighted by Crippen LogP contribution is -2.03. The predicted molar refractivity (Wildman–Crippen MR) is 56.7 cm³/mol. The number of hydrogen-bond acceptors (Lipinski definition) is 6. The zero-order valence-corrected chi connectivity index (χ0v) is 9.59. The van der Waals surface area contributed by atoms with Crippen LogP contribution in [0.5, 0.6) is 0 Å². The van der Waals surface area contributed by atoms with Gasteiger partial charge >= 0.3 is 5.82 Å². The Morgan fingerprint density at radius 2 is 2.41 bits per heavy atom. The zero-order valence-electron chi connectivity index (χ0n) is 8.83. The van der Waals surface area contributed by atoms with Gasteiger partial charge in [-0.3, -0.25) is 0 Å². The molecule has 2 rings (SSSR count). The first-order chi connectivity index (χ1) is 8.10. The van der Waals surface area contributed by atoms with Gasteiger partial charge in [-0.25, -0.2) is 0 Å². The second-order valence-corrected chi connectivity index (χ2v) is 3.62.